The summed E-state index contributed by atoms with van der Waals surface area (Å²) in [5.74, 6) is 1.12. The summed E-state index contributed by atoms with van der Waals surface area (Å²) in [6.07, 6.45) is 4.08. The van der Waals surface area contributed by atoms with E-state index in [2.05, 4.69) is 27.9 Å². The van der Waals surface area contributed by atoms with Gasteiger partial charge in [-0.05, 0) is 6.42 Å². The van der Waals surface area contributed by atoms with E-state index in [9.17, 15) is 0 Å². The first kappa shape index (κ1) is 12.1. The van der Waals surface area contributed by atoms with Crippen molar-refractivity contribution in [2.45, 2.75) is 25.4 Å². The van der Waals surface area contributed by atoms with Gasteiger partial charge in [-0.15, -0.1) is 12.4 Å². The summed E-state index contributed by atoms with van der Waals surface area (Å²) in [7, 11) is 0. The number of hydrogen-bond donors (Lipinski definition) is 1. The third kappa shape index (κ3) is 2.35. The minimum atomic E-state index is 0. The molecule has 1 unspecified atom stereocenters. The molecule has 1 aliphatic heterocycles. The number of aryl methyl sites for hydroxylation is 1. The van der Waals surface area contributed by atoms with Crippen LogP contribution in [0, 0.1) is 0 Å². The maximum absolute atomic E-state index is 5.94. The fourth-order valence-corrected chi connectivity index (χ4v) is 2.20. The van der Waals surface area contributed by atoms with E-state index in [4.69, 9.17) is 5.73 Å². The molecule has 3 nitrogen and oxygen atoms in total. The molecule has 1 aromatic heterocycles. The number of aromatic nitrogens is 2. The first-order valence-electron chi connectivity index (χ1n) is 5.70. The quantitative estimate of drug-likeness (QED) is 0.843. The van der Waals surface area contributed by atoms with Crippen LogP contribution in [0.5, 0.6) is 0 Å². The van der Waals surface area contributed by atoms with Crippen LogP contribution in [0.1, 0.15) is 12.2 Å². The van der Waals surface area contributed by atoms with Crippen molar-refractivity contribution < 1.29 is 0 Å². The standard InChI is InChI=1S/C13H15N3.ClH/c14-11-6-7-16-9-12(15-13(16)8-11)10-4-2-1-3-5-10;/h1-5,9,11H,6-8,14H2;1H. The normalized spacial score (nSPS) is 18.3. The Balaban J connectivity index is 0.00000108. The van der Waals surface area contributed by atoms with Crippen LogP contribution in [0.4, 0.5) is 0 Å². The molecule has 0 aliphatic carbocycles. The second-order valence-electron chi connectivity index (χ2n) is 4.35. The van der Waals surface area contributed by atoms with Gasteiger partial charge in [-0.3, -0.25) is 0 Å². The Labute approximate surface area is 107 Å². The lowest BCUT2D eigenvalue weighted by Crippen LogP contribution is -2.30. The highest BCUT2D eigenvalue weighted by Gasteiger charge is 2.17. The number of halogens is 1. The van der Waals surface area contributed by atoms with Gasteiger partial charge in [0.2, 0.25) is 0 Å². The zero-order valence-electron chi connectivity index (χ0n) is 9.54. The van der Waals surface area contributed by atoms with Gasteiger partial charge in [-0.25, -0.2) is 4.98 Å². The summed E-state index contributed by atoms with van der Waals surface area (Å²) < 4.78 is 2.23. The van der Waals surface area contributed by atoms with Gasteiger partial charge in [-0.2, -0.15) is 0 Å². The van der Waals surface area contributed by atoms with Gasteiger partial charge >= 0.3 is 0 Å². The van der Waals surface area contributed by atoms with Crippen LogP contribution in [-0.4, -0.2) is 15.6 Å². The molecular weight excluding hydrogens is 234 g/mol. The third-order valence-electron chi connectivity index (χ3n) is 3.11. The van der Waals surface area contributed by atoms with Gasteiger partial charge in [0.25, 0.3) is 0 Å². The van der Waals surface area contributed by atoms with Crippen LogP contribution >= 0.6 is 12.4 Å². The molecule has 0 amide bonds. The maximum Gasteiger partial charge on any atom is 0.110 e. The summed E-state index contributed by atoms with van der Waals surface area (Å²) >= 11 is 0. The van der Waals surface area contributed by atoms with Crippen molar-refractivity contribution in [2.75, 3.05) is 0 Å². The number of hydrogen-bond acceptors (Lipinski definition) is 2. The monoisotopic (exact) mass is 249 g/mol. The van der Waals surface area contributed by atoms with Crippen molar-refractivity contribution in [2.24, 2.45) is 5.73 Å². The molecule has 1 aliphatic rings. The lowest BCUT2D eigenvalue weighted by molar-refractivity contribution is 0.463. The van der Waals surface area contributed by atoms with Crippen LogP contribution in [0.25, 0.3) is 11.3 Å². The molecule has 0 bridgehead atoms. The Bertz CT molecular complexity index is 493. The minimum absolute atomic E-state index is 0. The number of imidazole rings is 1. The topological polar surface area (TPSA) is 43.8 Å². The first-order valence-corrected chi connectivity index (χ1v) is 5.70. The van der Waals surface area contributed by atoms with Gasteiger partial charge in [0, 0.05) is 30.8 Å². The average Bonchev–Trinajstić information content (AvgIpc) is 2.73. The third-order valence-corrected chi connectivity index (χ3v) is 3.11. The van der Waals surface area contributed by atoms with E-state index in [-0.39, 0.29) is 18.4 Å². The van der Waals surface area contributed by atoms with Crippen molar-refractivity contribution in [3.63, 3.8) is 0 Å². The lowest BCUT2D eigenvalue weighted by Gasteiger charge is -2.18. The Morgan fingerprint density at radius 1 is 1.24 bits per heavy atom. The molecule has 2 aromatic rings. The number of benzene rings is 1. The van der Waals surface area contributed by atoms with Crippen molar-refractivity contribution in [3.05, 3.63) is 42.4 Å². The highest BCUT2D eigenvalue weighted by Crippen LogP contribution is 2.21. The molecule has 3 rings (SSSR count). The smallest absolute Gasteiger partial charge is 0.110 e. The zero-order valence-corrected chi connectivity index (χ0v) is 10.4. The summed E-state index contributed by atoms with van der Waals surface area (Å²) in [6.45, 7) is 0.996. The minimum Gasteiger partial charge on any atom is -0.334 e. The fraction of sp³-hybridized carbons (Fsp3) is 0.308. The van der Waals surface area contributed by atoms with Crippen LogP contribution < -0.4 is 5.73 Å². The van der Waals surface area contributed by atoms with Crippen LogP contribution in [-0.2, 0) is 13.0 Å². The summed E-state index contributed by atoms with van der Waals surface area (Å²) in [5.41, 5.74) is 8.18. The van der Waals surface area contributed by atoms with Crippen molar-refractivity contribution in [1.82, 2.24) is 9.55 Å². The molecule has 17 heavy (non-hydrogen) atoms. The van der Waals surface area contributed by atoms with E-state index in [0.717, 1.165) is 30.9 Å². The van der Waals surface area contributed by atoms with Crippen LogP contribution in [0.3, 0.4) is 0 Å². The molecular formula is C13H16ClN3. The van der Waals surface area contributed by atoms with Gasteiger partial charge in [0.05, 0.1) is 5.69 Å². The van der Waals surface area contributed by atoms with Crippen molar-refractivity contribution in [3.8, 4) is 11.3 Å². The molecule has 0 fully saturated rings. The Morgan fingerprint density at radius 2 is 2.00 bits per heavy atom. The number of nitrogens with zero attached hydrogens (tertiary/aromatic N) is 2. The molecule has 0 saturated carbocycles. The van der Waals surface area contributed by atoms with Gasteiger partial charge in [0.1, 0.15) is 5.82 Å². The van der Waals surface area contributed by atoms with Crippen LogP contribution in [0.2, 0.25) is 0 Å². The van der Waals surface area contributed by atoms with Crippen LogP contribution in [0.15, 0.2) is 36.5 Å². The molecule has 0 spiro atoms. The van der Waals surface area contributed by atoms with Crippen molar-refractivity contribution in [1.29, 1.82) is 0 Å². The molecule has 2 heterocycles. The summed E-state index contributed by atoms with van der Waals surface area (Å²) in [6, 6.07) is 10.6. The number of nitrogens with two attached hydrogens (primary N) is 1. The van der Waals surface area contributed by atoms with Gasteiger partial charge in [0.15, 0.2) is 0 Å². The molecule has 1 aromatic carbocycles. The molecule has 4 heteroatoms. The number of rotatable bonds is 1. The summed E-state index contributed by atoms with van der Waals surface area (Å²) in [5, 5.41) is 0. The highest BCUT2D eigenvalue weighted by atomic mass is 35.5. The van der Waals surface area contributed by atoms with Gasteiger partial charge < -0.3 is 10.3 Å². The number of fused-ring (bicyclic) bond motifs is 1. The molecule has 1 atom stereocenters. The van der Waals surface area contributed by atoms with E-state index < -0.39 is 0 Å². The first-order chi connectivity index (χ1) is 7.83. The molecule has 90 valence electrons. The van der Waals surface area contributed by atoms with Gasteiger partial charge in [-0.1, -0.05) is 30.3 Å². The molecule has 2 N–H and O–H groups in total. The Hall–Kier alpha value is -1.32. The Morgan fingerprint density at radius 3 is 2.76 bits per heavy atom. The van der Waals surface area contributed by atoms with E-state index in [1.54, 1.807) is 0 Å². The van der Waals surface area contributed by atoms with E-state index in [1.165, 1.54) is 5.56 Å². The fourth-order valence-electron chi connectivity index (χ4n) is 2.20. The second kappa shape index (κ2) is 4.90. The predicted octanol–water partition coefficient (Wildman–Crippen LogP) is 2.25. The largest absolute Gasteiger partial charge is 0.334 e. The molecule has 0 radical (unpaired) electrons. The molecule has 0 saturated heterocycles. The predicted molar refractivity (Wildman–Crippen MR) is 71.2 cm³/mol. The maximum atomic E-state index is 5.94. The zero-order chi connectivity index (χ0) is 11.0. The van der Waals surface area contributed by atoms with E-state index in [1.807, 2.05) is 18.2 Å². The van der Waals surface area contributed by atoms with Crippen molar-refractivity contribution >= 4 is 12.4 Å². The average molecular weight is 250 g/mol. The van der Waals surface area contributed by atoms with E-state index >= 15 is 0 Å². The SMILES string of the molecule is Cl.NC1CCn2cc(-c3ccccc3)nc2C1. The summed E-state index contributed by atoms with van der Waals surface area (Å²) in [4.78, 5) is 4.65. The Kier molecular flexibility index (Phi) is 3.50. The second-order valence-corrected chi connectivity index (χ2v) is 4.35. The van der Waals surface area contributed by atoms with E-state index in [0.29, 0.717) is 0 Å². The highest BCUT2D eigenvalue weighted by molar-refractivity contribution is 5.85. The lowest BCUT2D eigenvalue weighted by atomic mass is 10.1.